The highest BCUT2D eigenvalue weighted by molar-refractivity contribution is 6.31. The van der Waals surface area contributed by atoms with Gasteiger partial charge < -0.3 is 10.2 Å². The number of rotatable bonds is 3. The number of amides is 2. The highest BCUT2D eigenvalue weighted by Gasteiger charge is 2.37. The van der Waals surface area contributed by atoms with E-state index in [1.807, 2.05) is 0 Å². The molecule has 1 N–H and O–H groups in total. The Bertz CT molecular complexity index is 854. The first kappa shape index (κ1) is 18.3. The number of para-hydroxylation sites is 1. The molecular formula is C18H14ClF3N2O2. The zero-order valence-electron chi connectivity index (χ0n) is 13.4. The lowest BCUT2D eigenvalue weighted by molar-refractivity contribution is -0.137. The van der Waals surface area contributed by atoms with Crippen LogP contribution in [0, 0.1) is 5.92 Å². The third kappa shape index (κ3) is 3.83. The Morgan fingerprint density at radius 1 is 1.15 bits per heavy atom. The van der Waals surface area contributed by atoms with E-state index in [4.69, 9.17) is 11.6 Å². The molecule has 1 aliphatic rings. The van der Waals surface area contributed by atoms with Gasteiger partial charge in [0.05, 0.1) is 17.2 Å². The van der Waals surface area contributed by atoms with Crippen molar-refractivity contribution in [3.63, 3.8) is 0 Å². The smallest absolute Gasteiger partial charge is 0.325 e. The molecule has 136 valence electrons. The van der Waals surface area contributed by atoms with Gasteiger partial charge >= 0.3 is 6.18 Å². The summed E-state index contributed by atoms with van der Waals surface area (Å²) in [5, 5.41) is 2.75. The average Bonchev–Trinajstić information content (AvgIpc) is 2.96. The second-order valence-electron chi connectivity index (χ2n) is 5.92. The van der Waals surface area contributed by atoms with E-state index in [1.54, 1.807) is 24.3 Å². The first-order chi connectivity index (χ1) is 12.3. The fourth-order valence-corrected chi connectivity index (χ4v) is 3.04. The van der Waals surface area contributed by atoms with Crippen LogP contribution in [0.5, 0.6) is 0 Å². The molecule has 2 amide bonds. The van der Waals surface area contributed by atoms with Crippen LogP contribution in [-0.4, -0.2) is 18.4 Å². The summed E-state index contributed by atoms with van der Waals surface area (Å²) < 4.78 is 39.1. The number of nitrogens with one attached hydrogen (secondary N) is 1. The predicted molar refractivity (Wildman–Crippen MR) is 92.0 cm³/mol. The van der Waals surface area contributed by atoms with Crippen molar-refractivity contribution in [3.8, 4) is 0 Å². The molecule has 1 unspecified atom stereocenters. The van der Waals surface area contributed by atoms with E-state index in [0.717, 1.165) is 6.07 Å². The maximum absolute atomic E-state index is 13.0. The molecule has 2 aromatic rings. The summed E-state index contributed by atoms with van der Waals surface area (Å²) in [5.41, 5.74) is -0.698. The van der Waals surface area contributed by atoms with Crippen LogP contribution < -0.4 is 10.2 Å². The Morgan fingerprint density at radius 3 is 2.58 bits per heavy atom. The SMILES string of the molecule is O=C(Nc1ccccc1C(F)(F)F)C1CC(=O)N(c2cccc(Cl)c2)C1. The molecule has 26 heavy (non-hydrogen) atoms. The van der Waals surface area contributed by atoms with Gasteiger partial charge in [0.15, 0.2) is 0 Å². The minimum Gasteiger partial charge on any atom is -0.325 e. The molecule has 1 aliphatic heterocycles. The molecule has 1 atom stereocenters. The van der Waals surface area contributed by atoms with Crippen molar-refractivity contribution in [1.29, 1.82) is 0 Å². The maximum Gasteiger partial charge on any atom is 0.418 e. The first-order valence-corrected chi connectivity index (χ1v) is 8.16. The Morgan fingerprint density at radius 2 is 1.88 bits per heavy atom. The van der Waals surface area contributed by atoms with Crippen molar-refractivity contribution >= 4 is 34.8 Å². The third-order valence-electron chi connectivity index (χ3n) is 4.11. The normalized spacial score (nSPS) is 17.5. The van der Waals surface area contributed by atoms with E-state index in [2.05, 4.69) is 5.32 Å². The maximum atomic E-state index is 13.0. The fourth-order valence-electron chi connectivity index (χ4n) is 2.85. The van der Waals surface area contributed by atoms with Crippen molar-refractivity contribution in [2.45, 2.75) is 12.6 Å². The Hall–Kier alpha value is -2.54. The van der Waals surface area contributed by atoms with Gasteiger partial charge in [0.1, 0.15) is 0 Å². The molecule has 2 aromatic carbocycles. The highest BCUT2D eigenvalue weighted by atomic mass is 35.5. The van der Waals surface area contributed by atoms with Crippen LogP contribution in [-0.2, 0) is 15.8 Å². The zero-order valence-corrected chi connectivity index (χ0v) is 14.1. The number of benzene rings is 2. The van der Waals surface area contributed by atoms with Gasteiger partial charge in [0, 0.05) is 23.7 Å². The standard InChI is InChI=1S/C18H14ClF3N2O2/c19-12-4-3-5-13(9-12)24-10-11(8-16(24)25)17(26)23-15-7-2-1-6-14(15)18(20,21)22/h1-7,9,11H,8,10H2,(H,23,26). The van der Waals surface area contributed by atoms with Crippen LogP contribution in [0.15, 0.2) is 48.5 Å². The number of anilines is 2. The minimum atomic E-state index is -4.58. The van der Waals surface area contributed by atoms with Crippen LogP contribution in [0.2, 0.25) is 5.02 Å². The number of alkyl halides is 3. The second-order valence-corrected chi connectivity index (χ2v) is 6.35. The second kappa shape index (κ2) is 6.99. The molecule has 1 saturated heterocycles. The van der Waals surface area contributed by atoms with Crippen molar-refractivity contribution in [1.82, 2.24) is 0 Å². The van der Waals surface area contributed by atoms with E-state index >= 15 is 0 Å². The van der Waals surface area contributed by atoms with E-state index < -0.39 is 23.6 Å². The van der Waals surface area contributed by atoms with Crippen molar-refractivity contribution < 1.29 is 22.8 Å². The molecule has 8 heteroatoms. The molecule has 0 aliphatic carbocycles. The fraction of sp³-hybridized carbons (Fsp3) is 0.222. The van der Waals surface area contributed by atoms with Gasteiger partial charge in [-0.25, -0.2) is 0 Å². The summed E-state index contributed by atoms with van der Waals surface area (Å²) in [6, 6.07) is 11.4. The van der Waals surface area contributed by atoms with Gasteiger partial charge in [-0.05, 0) is 30.3 Å². The average molecular weight is 383 g/mol. The lowest BCUT2D eigenvalue weighted by Crippen LogP contribution is -2.28. The van der Waals surface area contributed by atoms with Gasteiger partial charge in [-0.2, -0.15) is 13.2 Å². The van der Waals surface area contributed by atoms with Gasteiger partial charge in [-0.1, -0.05) is 29.8 Å². The summed E-state index contributed by atoms with van der Waals surface area (Å²) in [6.07, 6.45) is -4.66. The number of halogens is 4. The van der Waals surface area contributed by atoms with Crippen molar-refractivity contribution in [2.24, 2.45) is 5.92 Å². The molecule has 0 spiro atoms. The monoisotopic (exact) mass is 382 g/mol. The molecule has 4 nitrogen and oxygen atoms in total. The Labute approximate surface area is 152 Å². The topological polar surface area (TPSA) is 49.4 Å². The number of carbonyl (C=O) groups excluding carboxylic acids is 2. The van der Waals surface area contributed by atoms with Crippen LogP contribution in [0.1, 0.15) is 12.0 Å². The Balaban J connectivity index is 1.75. The molecule has 1 fully saturated rings. The van der Waals surface area contributed by atoms with Crippen LogP contribution in [0.25, 0.3) is 0 Å². The summed E-state index contributed by atoms with van der Waals surface area (Å²) in [7, 11) is 0. The predicted octanol–water partition coefficient (Wildman–Crippen LogP) is 4.35. The first-order valence-electron chi connectivity index (χ1n) is 7.79. The largest absolute Gasteiger partial charge is 0.418 e. The minimum absolute atomic E-state index is 0.0769. The van der Waals surface area contributed by atoms with E-state index in [1.165, 1.54) is 23.1 Å². The van der Waals surface area contributed by atoms with Gasteiger partial charge in [-0.15, -0.1) is 0 Å². The number of hydrogen-bond donors (Lipinski definition) is 1. The molecule has 0 bridgehead atoms. The summed E-state index contributed by atoms with van der Waals surface area (Å²) >= 11 is 5.91. The van der Waals surface area contributed by atoms with Crippen molar-refractivity contribution in [3.05, 3.63) is 59.1 Å². The van der Waals surface area contributed by atoms with Crippen LogP contribution in [0.3, 0.4) is 0 Å². The van der Waals surface area contributed by atoms with E-state index in [0.29, 0.717) is 10.7 Å². The number of hydrogen-bond acceptors (Lipinski definition) is 2. The van der Waals surface area contributed by atoms with Crippen molar-refractivity contribution in [2.75, 3.05) is 16.8 Å². The lowest BCUT2D eigenvalue weighted by Gasteiger charge is -2.18. The molecule has 0 aromatic heterocycles. The summed E-state index contributed by atoms with van der Waals surface area (Å²) in [4.78, 5) is 26.0. The van der Waals surface area contributed by atoms with Gasteiger partial charge in [0.25, 0.3) is 0 Å². The Kier molecular flexibility index (Phi) is 4.91. The molecule has 3 rings (SSSR count). The quantitative estimate of drug-likeness (QED) is 0.858. The molecular weight excluding hydrogens is 369 g/mol. The lowest BCUT2D eigenvalue weighted by atomic mass is 10.1. The molecule has 1 heterocycles. The summed E-state index contributed by atoms with van der Waals surface area (Å²) in [5.74, 6) is -1.65. The number of nitrogens with zero attached hydrogens (tertiary/aromatic N) is 1. The van der Waals surface area contributed by atoms with Crippen LogP contribution >= 0.6 is 11.6 Å². The summed E-state index contributed by atoms with van der Waals surface area (Å²) in [6.45, 7) is 0.0825. The van der Waals surface area contributed by atoms with E-state index in [-0.39, 0.29) is 24.6 Å². The van der Waals surface area contributed by atoms with Gasteiger partial charge in [0.2, 0.25) is 11.8 Å². The van der Waals surface area contributed by atoms with E-state index in [9.17, 15) is 22.8 Å². The highest BCUT2D eigenvalue weighted by Crippen LogP contribution is 2.35. The number of carbonyl (C=O) groups is 2. The molecule has 0 radical (unpaired) electrons. The van der Waals surface area contributed by atoms with Crippen LogP contribution in [0.4, 0.5) is 24.5 Å². The molecule has 0 saturated carbocycles. The van der Waals surface area contributed by atoms with Gasteiger partial charge in [-0.3, -0.25) is 9.59 Å². The zero-order chi connectivity index (χ0) is 18.9. The third-order valence-corrected chi connectivity index (χ3v) is 4.34.